The third-order valence-electron chi connectivity index (χ3n) is 9.38. The number of sulfonamides is 1. The molecule has 0 saturated heterocycles. The molecule has 4 aromatic carbocycles. The van der Waals surface area contributed by atoms with Gasteiger partial charge in [-0.3, -0.25) is 9.97 Å². The third-order valence-corrected chi connectivity index (χ3v) is 11.2. The van der Waals surface area contributed by atoms with E-state index in [0.717, 1.165) is 23.6 Å². The van der Waals surface area contributed by atoms with E-state index in [1.807, 2.05) is 44.2 Å². The standard InChI is InChI=1S/C23H24N2O6S.C15H16N2O3.C11H16O.OS/c1-3-31-19-8-10-20(11-9-19)32(28,29)25(16-18-6-4-5-13-24-18)15-17-7-12-21(22(26)14-17)23(27)30-2;1-20-14-8-11(5-6-13(14)15(18)19)9-16-10-12-4-2-3-7-17-12;1-4-12-11-7-5-10(6-8-11)9(2)3;1-2/h4-14,26H,3,15-16H2,1-2H3;2-8,16H,9-10H2,1H3,(H,18,19);5-9H,4H2,1-3H3;. The van der Waals surface area contributed by atoms with E-state index in [4.69, 9.17) is 23.5 Å². The van der Waals surface area contributed by atoms with E-state index in [1.54, 1.807) is 67.0 Å². The van der Waals surface area contributed by atoms with Crippen molar-refractivity contribution in [3.05, 3.63) is 173 Å². The molecule has 2 heterocycles. The van der Waals surface area contributed by atoms with Crippen LogP contribution in [0.2, 0.25) is 0 Å². The number of aromatic nitrogens is 2. The lowest BCUT2D eigenvalue weighted by Crippen LogP contribution is -2.30. The molecule has 350 valence electrons. The summed E-state index contributed by atoms with van der Waals surface area (Å²) in [7, 11) is -1.23. The predicted octanol–water partition coefficient (Wildman–Crippen LogP) is 8.31. The Kier molecular flexibility index (Phi) is 22.9. The van der Waals surface area contributed by atoms with Gasteiger partial charge >= 0.3 is 11.9 Å². The number of benzene rings is 4. The van der Waals surface area contributed by atoms with Gasteiger partial charge in [-0.1, -0.05) is 50.2 Å². The molecule has 0 aliphatic rings. The zero-order valence-electron chi connectivity index (χ0n) is 37.7. The van der Waals surface area contributed by atoms with Gasteiger partial charge in [0.05, 0.1) is 50.3 Å². The maximum Gasteiger partial charge on any atom is 0.341 e. The van der Waals surface area contributed by atoms with Gasteiger partial charge in [-0.05, 0) is 121 Å². The molecule has 6 rings (SSSR count). The van der Waals surface area contributed by atoms with Crippen LogP contribution in [0, 0.1) is 0 Å². The highest BCUT2D eigenvalue weighted by Crippen LogP contribution is 2.26. The number of pyridine rings is 2. The molecule has 2 aromatic heterocycles. The van der Waals surface area contributed by atoms with Gasteiger partial charge in [0, 0.05) is 32.0 Å². The summed E-state index contributed by atoms with van der Waals surface area (Å²) in [4.78, 5) is 31.3. The second-order valence-corrected chi connectivity index (χ2v) is 16.2. The number of ether oxygens (including phenoxy) is 4. The second kappa shape index (κ2) is 28.2. The van der Waals surface area contributed by atoms with Gasteiger partial charge in [0.15, 0.2) is 12.5 Å². The molecular formula is C49H56N4O11S2. The molecule has 0 aliphatic heterocycles. The van der Waals surface area contributed by atoms with Crippen LogP contribution in [0.1, 0.15) is 82.4 Å². The SMILES string of the molecule is CCOc1ccc(C(C)C)cc1.CCOc1ccc(S(=O)(=O)N(Cc2ccc(C(=O)OC)c(O)c2)Cc2ccccn2)cc1.COc1cc(CNCc2ccccn2)ccc1C(=O)O.O=S. The summed E-state index contributed by atoms with van der Waals surface area (Å²) >= 11 is 2.83. The Morgan fingerprint density at radius 2 is 1.27 bits per heavy atom. The van der Waals surface area contributed by atoms with E-state index in [9.17, 15) is 23.1 Å². The normalized spacial score (nSPS) is 10.5. The zero-order valence-corrected chi connectivity index (χ0v) is 39.4. The number of phenolic OH excluding ortho intramolecular Hbond substituents is 1. The summed E-state index contributed by atoms with van der Waals surface area (Å²) in [6.07, 6.45) is 3.34. The molecule has 0 fully saturated rings. The lowest BCUT2D eigenvalue weighted by Gasteiger charge is -2.22. The number of aromatic hydroxyl groups is 1. The number of phenols is 1. The Hall–Kier alpha value is -6.79. The van der Waals surface area contributed by atoms with Crippen molar-refractivity contribution in [2.45, 2.75) is 64.7 Å². The van der Waals surface area contributed by atoms with Crippen LogP contribution in [-0.4, -0.2) is 76.5 Å². The van der Waals surface area contributed by atoms with Crippen LogP contribution in [0.3, 0.4) is 0 Å². The summed E-state index contributed by atoms with van der Waals surface area (Å²) < 4.78 is 56.4. The van der Waals surface area contributed by atoms with Gasteiger partial charge in [0.2, 0.25) is 10.0 Å². The number of methoxy groups -OCH3 is 2. The number of esters is 1. The molecule has 0 radical (unpaired) electrons. The highest BCUT2D eigenvalue weighted by Gasteiger charge is 2.26. The summed E-state index contributed by atoms with van der Waals surface area (Å²) in [6.45, 7) is 10.7. The fourth-order valence-electron chi connectivity index (χ4n) is 6.06. The van der Waals surface area contributed by atoms with Crippen molar-refractivity contribution in [3.63, 3.8) is 0 Å². The van der Waals surface area contributed by atoms with Crippen molar-refractivity contribution in [2.75, 3.05) is 27.4 Å². The molecule has 3 N–H and O–H groups in total. The summed E-state index contributed by atoms with van der Waals surface area (Å²) in [5.74, 6) is 0.546. The molecule has 0 aliphatic carbocycles. The minimum Gasteiger partial charge on any atom is -0.507 e. The van der Waals surface area contributed by atoms with Gasteiger partial charge in [-0.2, -0.15) is 8.51 Å². The average Bonchev–Trinajstić information content (AvgIpc) is 3.33. The predicted molar refractivity (Wildman–Crippen MR) is 252 cm³/mol. The van der Waals surface area contributed by atoms with E-state index < -0.39 is 22.0 Å². The summed E-state index contributed by atoms with van der Waals surface area (Å²) in [5.41, 5.74) is 4.52. The topological polar surface area (TPSA) is 204 Å². The summed E-state index contributed by atoms with van der Waals surface area (Å²) in [5, 5.41) is 22.5. The Labute approximate surface area is 392 Å². The van der Waals surface area contributed by atoms with Crippen LogP contribution < -0.4 is 19.5 Å². The monoisotopic (exact) mass is 940 g/mol. The first-order valence-corrected chi connectivity index (χ1v) is 22.5. The Bertz CT molecular complexity index is 2500. The van der Waals surface area contributed by atoms with Gasteiger partial charge in [-0.15, -0.1) is 0 Å². The van der Waals surface area contributed by atoms with Crippen molar-refractivity contribution in [1.82, 2.24) is 19.6 Å². The largest absolute Gasteiger partial charge is 0.507 e. The molecule has 0 amide bonds. The highest BCUT2D eigenvalue weighted by atomic mass is 32.2. The molecule has 15 nitrogen and oxygen atoms in total. The van der Waals surface area contributed by atoms with Crippen LogP contribution >= 0.6 is 0 Å². The number of rotatable bonds is 18. The fourth-order valence-corrected chi connectivity index (χ4v) is 7.46. The Morgan fingerprint density at radius 3 is 1.77 bits per heavy atom. The van der Waals surface area contributed by atoms with E-state index >= 15 is 0 Å². The maximum atomic E-state index is 13.4. The molecule has 0 atom stereocenters. The number of nitrogens with zero attached hydrogens (tertiary/aromatic N) is 3. The van der Waals surface area contributed by atoms with E-state index in [1.165, 1.54) is 48.4 Å². The molecule has 17 heteroatoms. The number of aromatic carboxylic acids is 1. The van der Waals surface area contributed by atoms with Crippen molar-refractivity contribution >= 4 is 34.5 Å². The molecule has 6 aromatic rings. The molecule has 0 spiro atoms. The van der Waals surface area contributed by atoms with E-state index in [0.29, 0.717) is 48.4 Å². The van der Waals surface area contributed by atoms with Gasteiger partial charge in [0.1, 0.15) is 34.1 Å². The number of nitrogens with one attached hydrogen (secondary N) is 1. The van der Waals surface area contributed by atoms with Crippen LogP contribution in [0.25, 0.3) is 0 Å². The van der Waals surface area contributed by atoms with Crippen molar-refractivity contribution in [1.29, 1.82) is 0 Å². The molecule has 66 heavy (non-hydrogen) atoms. The quantitative estimate of drug-likeness (QED) is 0.0694. The van der Waals surface area contributed by atoms with Crippen molar-refractivity contribution < 1.29 is 51.4 Å². The minimum absolute atomic E-state index is 0.00176. The lowest BCUT2D eigenvalue weighted by molar-refractivity contribution is 0.0596. The number of hydrogen-bond donors (Lipinski definition) is 3. The fraction of sp³-hybridized carbons (Fsp3) is 0.265. The van der Waals surface area contributed by atoms with Crippen LogP contribution in [0.4, 0.5) is 0 Å². The highest BCUT2D eigenvalue weighted by molar-refractivity contribution is 7.89. The van der Waals surface area contributed by atoms with E-state index in [-0.39, 0.29) is 34.9 Å². The zero-order chi connectivity index (χ0) is 48.5. The molecular weight excluding hydrogens is 885 g/mol. The van der Waals surface area contributed by atoms with E-state index in [2.05, 4.69) is 58.5 Å². The van der Waals surface area contributed by atoms with Crippen LogP contribution in [-0.2, 0) is 53.5 Å². The maximum absolute atomic E-state index is 13.4. The Balaban J connectivity index is 0.000000288. The first-order chi connectivity index (χ1) is 31.8. The van der Waals surface area contributed by atoms with Gasteiger partial charge in [-0.25, -0.2) is 18.0 Å². The van der Waals surface area contributed by atoms with Crippen LogP contribution in [0.15, 0.2) is 139 Å². The number of carbonyl (C=O) groups is 2. The minimum atomic E-state index is -3.91. The second-order valence-electron chi connectivity index (χ2n) is 14.3. The summed E-state index contributed by atoms with van der Waals surface area (Å²) in [6, 6.07) is 34.9. The Morgan fingerprint density at radius 1 is 0.712 bits per heavy atom. The number of carbonyl (C=O) groups excluding carboxylic acids is 1. The molecule has 0 unspecified atom stereocenters. The van der Waals surface area contributed by atoms with Gasteiger partial charge in [0.25, 0.3) is 0 Å². The lowest BCUT2D eigenvalue weighted by atomic mass is 10.0. The molecule has 0 saturated carbocycles. The van der Waals surface area contributed by atoms with Crippen molar-refractivity contribution in [3.8, 4) is 23.0 Å². The first kappa shape index (κ1) is 53.5. The average molecular weight is 941 g/mol. The number of carboxylic acids is 1. The molecule has 0 bridgehead atoms. The smallest absolute Gasteiger partial charge is 0.341 e. The number of hydrogen-bond acceptors (Lipinski definition) is 14. The van der Waals surface area contributed by atoms with Crippen LogP contribution in [0.5, 0.6) is 23.0 Å². The third kappa shape index (κ3) is 17.0. The van der Waals surface area contributed by atoms with Crippen molar-refractivity contribution in [2.24, 2.45) is 0 Å². The number of carboxylic acid groups (broad SMARTS) is 1. The van der Waals surface area contributed by atoms with Gasteiger partial charge < -0.3 is 34.5 Å². The first-order valence-electron chi connectivity index (χ1n) is 20.7.